The van der Waals surface area contributed by atoms with Gasteiger partial charge in [0.05, 0.1) is 0 Å². The highest BCUT2D eigenvalue weighted by atomic mass is 16.5. The van der Waals surface area contributed by atoms with Crippen molar-refractivity contribution < 1.29 is 9.32 Å². The van der Waals surface area contributed by atoms with Crippen molar-refractivity contribution in [2.75, 3.05) is 13.1 Å². The Balaban J connectivity index is 2.21. The van der Waals surface area contributed by atoms with Crippen LogP contribution in [-0.4, -0.2) is 29.1 Å². The molecule has 1 fully saturated rings. The number of carbonyl (C=O) groups is 1. The zero-order valence-electron chi connectivity index (χ0n) is 6.20. The van der Waals surface area contributed by atoms with Gasteiger partial charge in [-0.1, -0.05) is 5.16 Å². The number of aromatic nitrogens is 1. The lowest BCUT2D eigenvalue weighted by Crippen LogP contribution is -2.10. The maximum atomic E-state index is 11.2. The number of hydrogen-bond acceptors (Lipinski definition) is 3. The minimum Gasteiger partial charge on any atom is -0.361 e. The Bertz CT molecular complexity index is 288. The Labute approximate surface area is 63.8 Å². The van der Waals surface area contributed by atoms with Gasteiger partial charge < -0.3 is 9.42 Å². The number of rotatable bonds is 1. The van der Waals surface area contributed by atoms with Crippen LogP contribution in [0.1, 0.15) is 16.2 Å². The van der Waals surface area contributed by atoms with Gasteiger partial charge in [0.1, 0.15) is 5.76 Å². The maximum absolute atomic E-state index is 11.2. The summed E-state index contributed by atoms with van der Waals surface area (Å²) in [5.41, 5.74) is 0.417. The zero-order chi connectivity index (χ0) is 7.84. The van der Waals surface area contributed by atoms with E-state index < -0.39 is 0 Å². The molecule has 0 atom stereocenters. The van der Waals surface area contributed by atoms with Crippen molar-refractivity contribution in [3.8, 4) is 0 Å². The molecule has 0 aromatic carbocycles. The molecule has 58 valence electrons. The highest BCUT2D eigenvalue weighted by molar-refractivity contribution is 5.93. The molecule has 1 aliphatic heterocycles. The minimum atomic E-state index is -0.0261. The maximum Gasteiger partial charge on any atom is 0.276 e. The fourth-order valence-electron chi connectivity index (χ4n) is 0.882. The summed E-state index contributed by atoms with van der Waals surface area (Å²) < 4.78 is 4.77. The van der Waals surface area contributed by atoms with Gasteiger partial charge in [0.2, 0.25) is 0 Å². The van der Waals surface area contributed by atoms with E-state index in [1.807, 2.05) is 0 Å². The molecule has 0 spiro atoms. The van der Waals surface area contributed by atoms with Gasteiger partial charge in [0.25, 0.3) is 5.91 Å². The Morgan fingerprint density at radius 2 is 2.45 bits per heavy atom. The normalized spacial score (nSPS) is 15.2. The fourth-order valence-corrected chi connectivity index (χ4v) is 0.882. The molecule has 2 rings (SSSR count). The van der Waals surface area contributed by atoms with Gasteiger partial charge in [-0.25, -0.2) is 0 Å². The standard InChI is InChI=1S/C7H8N2O2/c1-5-4-6(8-11-5)7(10)9-2-3-9/h4H,2-3H2,1H3. The van der Waals surface area contributed by atoms with Crippen LogP contribution in [0.15, 0.2) is 10.6 Å². The predicted molar refractivity (Wildman–Crippen MR) is 37.1 cm³/mol. The third-order valence-electron chi connectivity index (χ3n) is 1.58. The first kappa shape index (κ1) is 6.39. The highest BCUT2D eigenvalue weighted by Gasteiger charge is 2.27. The highest BCUT2D eigenvalue weighted by Crippen LogP contribution is 2.11. The smallest absolute Gasteiger partial charge is 0.276 e. The average Bonchev–Trinajstić information content (AvgIpc) is 2.74. The van der Waals surface area contributed by atoms with Gasteiger partial charge in [-0.05, 0) is 6.92 Å². The summed E-state index contributed by atoms with van der Waals surface area (Å²) in [5.74, 6) is 0.650. The quantitative estimate of drug-likeness (QED) is 0.548. The molecule has 1 aromatic heterocycles. The second-order valence-electron chi connectivity index (χ2n) is 2.62. The molecule has 0 unspecified atom stereocenters. The van der Waals surface area contributed by atoms with Gasteiger partial charge in [-0.15, -0.1) is 0 Å². The Hall–Kier alpha value is -1.32. The fraction of sp³-hybridized carbons (Fsp3) is 0.429. The first-order valence-corrected chi connectivity index (χ1v) is 3.50. The summed E-state index contributed by atoms with van der Waals surface area (Å²) in [5, 5.41) is 3.61. The lowest BCUT2D eigenvalue weighted by Gasteiger charge is -1.92. The van der Waals surface area contributed by atoms with Gasteiger partial charge in [-0.2, -0.15) is 0 Å². The van der Waals surface area contributed by atoms with Crippen LogP contribution >= 0.6 is 0 Å². The van der Waals surface area contributed by atoms with Crippen molar-refractivity contribution >= 4 is 5.91 Å². The first-order chi connectivity index (χ1) is 5.27. The van der Waals surface area contributed by atoms with Crippen LogP contribution in [0.2, 0.25) is 0 Å². The van der Waals surface area contributed by atoms with Crippen LogP contribution in [0, 0.1) is 6.92 Å². The lowest BCUT2D eigenvalue weighted by atomic mass is 10.3. The summed E-state index contributed by atoms with van der Waals surface area (Å²) in [7, 11) is 0. The number of aryl methyl sites for hydroxylation is 1. The Morgan fingerprint density at radius 3 is 2.91 bits per heavy atom. The Morgan fingerprint density at radius 1 is 1.73 bits per heavy atom. The van der Waals surface area contributed by atoms with E-state index in [0.29, 0.717) is 11.5 Å². The van der Waals surface area contributed by atoms with Gasteiger partial charge in [0.15, 0.2) is 5.69 Å². The molecule has 4 heteroatoms. The topological polar surface area (TPSA) is 46.1 Å². The van der Waals surface area contributed by atoms with Crippen LogP contribution in [-0.2, 0) is 0 Å². The molecule has 1 aliphatic rings. The number of carbonyl (C=O) groups excluding carboxylic acids is 1. The van der Waals surface area contributed by atoms with Gasteiger partial charge in [0, 0.05) is 19.2 Å². The molecule has 0 bridgehead atoms. The lowest BCUT2D eigenvalue weighted by molar-refractivity contribution is 0.0876. The molecule has 0 saturated carbocycles. The number of amides is 1. The van der Waals surface area contributed by atoms with Crippen molar-refractivity contribution in [3.63, 3.8) is 0 Å². The van der Waals surface area contributed by atoms with E-state index >= 15 is 0 Å². The molecule has 1 amide bonds. The van der Waals surface area contributed by atoms with Crippen LogP contribution in [0.5, 0.6) is 0 Å². The van der Waals surface area contributed by atoms with Gasteiger partial charge in [-0.3, -0.25) is 4.79 Å². The van der Waals surface area contributed by atoms with E-state index in [9.17, 15) is 4.79 Å². The molecule has 2 heterocycles. The largest absolute Gasteiger partial charge is 0.361 e. The van der Waals surface area contributed by atoms with Gasteiger partial charge >= 0.3 is 0 Å². The van der Waals surface area contributed by atoms with Crippen LogP contribution in [0.25, 0.3) is 0 Å². The van der Waals surface area contributed by atoms with Crippen molar-refractivity contribution in [1.82, 2.24) is 10.1 Å². The summed E-state index contributed by atoms with van der Waals surface area (Å²) in [6, 6.07) is 1.65. The van der Waals surface area contributed by atoms with E-state index in [1.54, 1.807) is 17.9 Å². The second-order valence-corrected chi connectivity index (χ2v) is 2.62. The second kappa shape index (κ2) is 2.08. The zero-order valence-corrected chi connectivity index (χ0v) is 6.20. The van der Waals surface area contributed by atoms with E-state index in [4.69, 9.17) is 4.52 Å². The average molecular weight is 152 g/mol. The summed E-state index contributed by atoms with van der Waals surface area (Å²) in [4.78, 5) is 12.9. The van der Waals surface area contributed by atoms with E-state index in [0.717, 1.165) is 13.1 Å². The molecular formula is C7H8N2O2. The minimum absolute atomic E-state index is 0.0261. The van der Waals surface area contributed by atoms with Crippen molar-refractivity contribution in [3.05, 3.63) is 17.5 Å². The molecule has 1 aromatic rings. The monoisotopic (exact) mass is 152 g/mol. The molecule has 4 nitrogen and oxygen atoms in total. The van der Waals surface area contributed by atoms with E-state index in [1.165, 1.54) is 0 Å². The summed E-state index contributed by atoms with van der Waals surface area (Å²) in [6.45, 7) is 3.47. The van der Waals surface area contributed by atoms with Crippen molar-refractivity contribution in [1.29, 1.82) is 0 Å². The summed E-state index contributed by atoms with van der Waals surface area (Å²) in [6.07, 6.45) is 0. The summed E-state index contributed by atoms with van der Waals surface area (Å²) >= 11 is 0. The van der Waals surface area contributed by atoms with Crippen molar-refractivity contribution in [2.45, 2.75) is 6.92 Å². The molecule has 0 N–H and O–H groups in total. The molecule has 1 saturated heterocycles. The Kier molecular flexibility index (Phi) is 1.21. The van der Waals surface area contributed by atoms with E-state index in [-0.39, 0.29) is 5.91 Å². The third kappa shape index (κ3) is 1.11. The van der Waals surface area contributed by atoms with Crippen LogP contribution in [0.4, 0.5) is 0 Å². The number of hydrogen-bond donors (Lipinski definition) is 0. The molecular weight excluding hydrogens is 144 g/mol. The van der Waals surface area contributed by atoms with Crippen LogP contribution in [0.3, 0.4) is 0 Å². The van der Waals surface area contributed by atoms with Crippen molar-refractivity contribution in [2.24, 2.45) is 0 Å². The molecule has 0 radical (unpaired) electrons. The SMILES string of the molecule is Cc1cc(C(=O)N2CC2)no1. The third-order valence-corrected chi connectivity index (χ3v) is 1.58. The molecule has 11 heavy (non-hydrogen) atoms. The molecule has 0 aliphatic carbocycles. The van der Waals surface area contributed by atoms with Crippen LogP contribution < -0.4 is 0 Å². The predicted octanol–water partition coefficient (Wildman–Crippen LogP) is 0.439. The van der Waals surface area contributed by atoms with E-state index in [2.05, 4.69) is 5.16 Å². The first-order valence-electron chi connectivity index (χ1n) is 3.50. The number of nitrogens with zero attached hydrogens (tertiary/aromatic N) is 2.